The Morgan fingerprint density at radius 3 is 2.50 bits per heavy atom. The van der Waals surface area contributed by atoms with Gasteiger partial charge in [0.15, 0.2) is 5.58 Å². The lowest BCUT2D eigenvalue weighted by molar-refractivity contribution is -0.116. The van der Waals surface area contributed by atoms with Gasteiger partial charge in [-0.2, -0.15) is 0 Å². The lowest BCUT2D eigenvalue weighted by Crippen LogP contribution is -2.42. The minimum absolute atomic E-state index is 0.0456. The number of carbonyl (C=O) groups excluding carboxylic acids is 2. The van der Waals surface area contributed by atoms with Crippen molar-refractivity contribution in [2.45, 2.75) is 39.7 Å². The number of benzene rings is 2. The summed E-state index contributed by atoms with van der Waals surface area (Å²) >= 11 is 0. The van der Waals surface area contributed by atoms with E-state index < -0.39 is 5.76 Å². The molecule has 7 nitrogen and oxygen atoms in total. The van der Waals surface area contributed by atoms with Crippen LogP contribution in [0.25, 0.3) is 11.1 Å². The van der Waals surface area contributed by atoms with Crippen molar-refractivity contribution in [3.05, 3.63) is 64.6 Å². The molecule has 1 aliphatic heterocycles. The number of piperidine rings is 1. The number of oxazole rings is 1. The van der Waals surface area contributed by atoms with Crippen LogP contribution in [0.3, 0.4) is 0 Å². The number of nitrogens with one attached hydrogen (secondary N) is 1. The summed E-state index contributed by atoms with van der Waals surface area (Å²) in [4.78, 5) is 39.7. The van der Waals surface area contributed by atoms with Gasteiger partial charge in [-0.05, 0) is 48.9 Å². The SMILES string of the molecule is CC1CC(C)CN(C(=O)c2ccccc2NC(=O)CCCn2c(=O)oc3ccccc32)C1. The highest BCUT2D eigenvalue weighted by Crippen LogP contribution is 2.25. The molecular weight excluding hydrogens is 406 g/mol. The van der Waals surface area contributed by atoms with Crippen LogP contribution in [0.15, 0.2) is 57.7 Å². The van der Waals surface area contributed by atoms with Gasteiger partial charge in [0.25, 0.3) is 5.91 Å². The van der Waals surface area contributed by atoms with Crippen LogP contribution in [-0.4, -0.2) is 34.4 Å². The number of amides is 2. The summed E-state index contributed by atoms with van der Waals surface area (Å²) in [5, 5.41) is 2.89. The van der Waals surface area contributed by atoms with E-state index in [4.69, 9.17) is 4.42 Å². The number of aromatic nitrogens is 1. The molecule has 2 aromatic carbocycles. The molecule has 2 unspecified atom stereocenters. The predicted molar refractivity (Wildman–Crippen MR) is 124 cm³/mol. The molecular formula is C25H29N3O4. The van der Waals surface area contributed by atoms with E-state index in [0.29, 0.717) is 41.6 Å². The number of aryl methyl sites for hydroxylation is 1. The molecule has 32 heavy (non-hydrogen) atoms. The van der Waals surface area contributed by atoms with Crippen molar-refractivity contribution in [2.24, 2.45) is 11.8 Å². The highest BCUT2D eigenvalue weighted by atomic mass is 16.4. The van der Waals surface area contributed by atoms with Crippen LogP contribution in [0.2, 0.25) is 0 Å². The minimum atomic E-state index is -0.424. The van der Waals surface area contributed by atoms with Crippen LogP contribution in [0.5, 0.6) is 0 Å². The Bertz CT molecular complexity index is 1170. The van der Waals surface area contributed by atoms with E-state index in [1.165, 1.54) is 0 Å². The fraction of sp³-hybridized carbons (Fsp3) is 0.400. The maximum atomic E-state index is 13.2. The molecule has 1 saturated heterocycles. The van der Waals surface area contributed by atoms with Gasteiger partial charge in [-0.15, -0.1) is 0 Å². The van der Waals surface area contributed by atoms with E-state index >= 15 is 0 Å². The van der Waals surface area contributed by atoms with Gasteiger partial charge in [0.05, 0.1) is 16.8 Å². The zero-order valence-electron chi connectivity index (χ0n) is 18.5. The number of carbonyl (C=O) groups is 2. The fourth-order valence-corrected chi connectivity index (χ4v) is 4.61. The van der Waals surface area contributed by atoms with Crippen molar-refractivity contribution in [1.82, 2.24) is 9.47 Å². The second kappa shape index (κ2) is 9.42. The van der Waals surface area contributed by atoms with Crippen molar-refractivity contribution < 1.29 is 14.0 Å². The number of para-hydroxylation sites is 3. The largest absolute Gasteiger partial charge is 0.419 e. The molecule has 1 aliphatic rings. The van der Waals surface area contributed by atoms with Gasteiger partial charge in [0.1, 0.15) is 0 Å². The summed E-state index contributed by atoms with van der Waals surface area (Å²) in [5.74, 6) is 0.272. The van der Waals surface area contributed by atoms with E-state index in [1.54, 1.807) is 22.8 Å². The van der Waals surface area contributed by atoms with Crippen LogP contribution in [-0.2, 0) is 11.3 Å². The van der Waals surface area contributed by atoms with Gasteiger partial charge in [0.2, 0.25) is 5.91 Å². The second-order valence-corrected chi connectivity index (χ2v) is 8.84. The van der Waals surface area contributed by atoms with Crippen LogP contribution < -0.4 is 11.1 Å². The number of hydrogen-bond donors (Lipinski definition) is 1. The zero-order chi connectivity index (χ0) is 22.7. The summed E-state index contributed by atoms with van der Waals surface area (Å²) in [7, 11) is 0. The molecule has 7 heteroatoms. The molecule has 0 radical (unpaired) electrons. The lowest BCUT2D eigenvalue weighted by atomic mass is 9.91. The third-order valence-corrected chi connectivity index (χ3v) is 5.95. The maximum Gasteiger partial charge on any atom is 0.419 e. The molecule has 168 valence electrons. The first-order valence-electron chi connectivity index (χ1n) is 11.2. The third kappa shape index (κ3) is 4.77. The van der Waals surface area contributed by atoms with E-state index in [0.717, 1.165) is 25.0 Å². The first kappa shape index (κ1) is 21.9. The van der Waals surface area contributed by atoms with Crippen LogP contribution in [0.4, 0.5) is 5.69 Å². The molecule has 2 amide bonds. The van der Waals surface area contributed by atoms with Crippen LogP contribution in [0.1, 0.15) is 43.5 Å². The topological polar surface area (TPSA) is 84.5 Å². The first-order chi connectivity index (χ1) is 15.4. The monoisotopic (exact) mass is 435 g/mol. The Morgan fingerprint density at radius 2 is 1.72 bits per heavy atom. The van der Waals surface area contributed by atoms with E-state index in [1.807, 2.05) is 35.2 Å². The average molecular weight is 436 g/mol. The van der Waals surface area contributed by atoms with Gasteiger partial charge in [0, 0.05) is 26.1 Å². The van der Waals surface area contributed by atoms with Crippen LogP contribution >= 0.6 is 0 Å². The molecule has 1 N–H and O–H groups in total. The fourth-order valence-electron chi connectivity index (χ4n) is 4.61. The molecule has 4 rings (SSSR count). The molecule has 1 aromatic heterocycles. The van der Waals surface area contributed by atoms with Gasteiger partial charge in [-0.3, -0.25) is 14.2 Å². The summed E-state index contributed by atoms with van der Waals surface area (Å²) in [6.45, 7) is 6.18. The molecule has 1 fully saturated rings. The molecule has 0 bridgehead atoms. The second-order valence-electron chi connectivity index (χ2n) is 8.84. The quantitative estimate of drug-likeness (QED) is 0.631. The molecule has 3 aromatic rings. The van der Waals surface area contributed by atoms with Crippen molar-refractivity contribution in [3.63, 3.8) is 0 Å². The lowest BCUT2D eigenvalue weighted by Gasteiger charge is -2.35. The number of fused-ring (bicyclic) bond motifs is 1. The zero-order valence-corrected chi connectivity index (χ0v) is 18.5. The first-order valence-corrected chi connectivity index (χ1v) is 11.2. The van der Waals surface area contributed by atoms with Crippen LogP contribution in [0, 0.1) is 11.8 Å². The molecule has 2 heterocycles. The van der Waals surface area contributed by atoms with E-state index in [-0.39, 0.29) is 18.2 Å². The Hall–Kier alpha value is -3.35. The smallest absolute Gasteiger partial charge is 0.408 e. The van der Waals surface area contributed by atoms with E-state index in [2.05, 4.69) is 19.2 Å². The Morgan fingerprint density at radius 1 is 1.03 bits per heavy atom. The maximum absolute atomic E-state index is 13.2. The highest BCUT2D eigenvalue weighted by Gasteiger charge is 2.27. The average Bonchev–Trinajstić information content (AvgIpc) is 3.08. The number of likely N-dealkylation sites (tertiary alicyclic amines) is 1. The number of nitrogens with zero attached hydrogens (tertiary/aromatic N) is 2. The normalized spacial score (nSPS) is 18.6. The van der Waals surface area contributed by atoms with Gasteiger partial charge < -0.3 is 14.6 Å². The number of rotatable bonds is 6. The summed E-state index contributed by atoms with van der Waals surface area (Å²) < 4.78 is 6.77. The summed E-state index contributed by atoms with van der Waals surface area (Å²) in [6, 6.07) is 14.4. The van der Waals surface area contributed by atoms with Crippen molar-refractivity contribution in [1.29, 1.82) is 0 Å². The minimum Gasteiger partial charge on any atom is -0.408 e. The highest BCUT2D eigenvalue weighted by molar-refractivity contribution is 6.03. The van der Waals surface area contributed by atoms with Gasteiger partial charge in [-0.25, -0.2) is 4.79 Å². The van der Waals surface area contributed by atoms with Gasteiger partial charge in [-0.1, -0.05) is 38.1 Å². The number of hydrogen-bond acceptors (Lipinski definition) is 4. The van der Waals surface area contributed by atoms with Gasteiger partial charge >= 0.3 is 5.76 Å². The summed E-state index contributed by atoms with van der Waals surface area (Å²) in [5.41, 5.74) is 2.30. The van der Waals surface area contributed by atoms with Crippen molar-refractivity contribution in [2.75, 3.05) is 18.4 Å². The predicted octanol–water partition coefficient (Wildman–Crippen LogP) is 4.13. The summed E-state index contributed by atoms with van der Waals surface area (Å²) in [6.07, 6.45) is 1.83. The third-order valence-electron chi connectivity index (χ3n) is 5.95. The van der Waals surface area contributed by atoms with Crippen molar-refractivity contribution in [3.8, 4) is 0 Å². The Labute approximate surface area is 187 Å². The number of anilines is 1. The molecule has 0 spiro atoms. The molecule has 0 aliphatic carbocycles. The standard InChI is InChI=1S/C25H29N3O4/c1-17-14-18(2)16-27(15-17)24(30)19-8-3-4-9-20(19)26-23(29)12-7-13-28-21-10-5-6-11-22(21)32-25(28)31/h3-6,8-11,17-18H,7,12-16H2,1-2H3,(H,26,29). The molecule has 0 saturated carbocycles. The van der Waals surface area contributed by atoms with Crippen molar-refractivity contribution >= 4 is 28.6 Å². The molecule has 2 atom stereocenters. The van der Waals surface area contributed by atoms with E-state index in [9.17, 15) is 14.4 Å². The Kier molecular flexibility index (Phi) is 6.44. The Balaban J connectivity index is 1.39.